The fraction of sp³-hybridized carbons (Fsp3) is 0.500. The molecule has 4 rings (SSSR count). The molecule has 2 aromatic heterocycles. The lowest BCUT2D eigenvalue weighted by atomic mass is 9.96. The normalized spacial score (nSPS) is 17.7. The maximum absolute atomic E-state index is 11.8. The van der Waals surface area contributed by atoms with Gasteiger partial charge in [0.1, 0.15) is 11.5 Å². The summed E-state index contributed by atoms with van der Waals surface area (Å²) >= 11 is 0. The average Bonchev–Trinajstić information content (AvgIpc) is 3.16. The molecule has 0 bridgehead atoms. The molecule has 0 unspecified atom stereocenters. The average molecular weight is 432 g/mol. The predicted octanol–water partition coefficient (Wildman–Crippen LogP) is 2.13. The van der Waals surface area contributed by atoms with E-state index < -0.39 is 10.0 Å². The Labute approximate surface area is 175 Å². The fourth-order valence-electron chi connectivity index (χ4n) is 3.70. The second-order valence-corrected chi connectivity index (χ2v) is 9.48. The lowest BCUT2D eigenvalue weighted by molar-refractivity contribution is 0.306. The first-order chi connectivity index (χ1) is 14.4. The van der Waals surface area contributed by atoms with Crippen molar-refractivity contribution in [3.8, 4) is 11.5 Å². The first kappa shape index (κ1) is 20.8. The van der Waals surface area contributed by atoms with Crippen LogP contribution in [0.5, 0.6) is 0 Å². The molecule has 1 aliphatic carbocycles. The van der Waals surface area contributed by atoms with Gasteiger partial charge in [-0.25, -0.2) is 23.4 Å². The summed E-state index contributed by atoms with van der Waals surface area (Å²) in [6.45, 7) is 1.28. The van der Waals surface area contributed by atoms with E-state index in [9.17, 15) is 8.42 Å². The van der Waals surface area contributed by atoms with Crippen molar-refractivity contribution in [3.05, 3.63) is 29.7 Å². The van der Waals surface area contributed by atoms with Gasteiger partial charge in [0, 0.05) is 42.7 Å². The molecule has 0 saturated heterocycles. The summed E-state index contributed by atoms with van der Waals surface area (Å²) in [6.07, 6.45) is 6.75. The third kappa shape index (κ3) is 4.82. The van der Waals surface area contributed by atoms with E-state index in [4.69, 9.17) is 9.52 Å². The van der Waals surface area contributed by atoms with Crippen LogP contribution in [0.4, 0.5) is 5.95 Å². The quantitative estimate of drug-likeness (QED) is 0.774. The van der Waals surface area contributed by atoms with Crippen LogP contribution >= 0.6 is 0 Å². The topological polar surface area (TPSA) is 121 Å². The molecule has 10 heteroatoms. The summed E-state index contributed by atoms with van der Waals surface area (Å²) in [5.74, 6) is 1.80. The molecule has 0 spiro atoms. The highest BCUT2D eigenvalue weighted by Crippen LogP contribution is 2.30. The number of aliphatic imine (C=N–C) groups is 2. The Balaban J connectivity index is 1.49. The molecule has 9 nitrogen and oxygen atoms in total. The van der Waals surface area contributed by atoms with Gasteiger partial charge in [-0.3, -0.25) is 4.99 Å². The van der Waals surface area contributed by atoms with Crippen molar-refractivity contribution >= 4 is 27.4 Å². The summed E-state index contributed by atoms with van der Waals surface area (Å²) in [6, 6.07) is 3.62. The standard InChI is InChI=1S/C20H25N5O4S/c1-30(27,28)25-10-7-18-14(13-25)12-19(29-18)17-6-8-22-20(24-17)23-16-4-2-15(3-5-16)21-9-11-26/h6,8,12,26H,2-5,7,9-11,13H2,1H3. The number of sulfonamides is 1. The largest absolute Gasteiger partial charge is 0.459 e. The lowest BCUT2D eigenvalue weighted by Gasteiger charge is -2.23. The van der Waals surface area contributed by atoms with Gasteiger partial charge in [0.2, 0.25) is 16.0 Å². The molecule has 0 aromatic carbocycles. The van der Waals surface area contributed by atoms with Crippen LogP contribution in [0.3, 0.4) is 0 Å². The van der Waals surface area contributed by atoms with Crippen LogP contribution in [-0.4, -0.2) is 65.2 Å². The van der Waals surface area contributed by atoms with Crippen molar-refractivity contribution in [2.24, 2.45) is 9.98 Å². The second kappa shape index (κ2) is 8.75. The smallest absolute Gasteiger partial charge is 0.249 e. The van der Waals surface area contributed by atoms with E-state index in [1.54, 1.807) is 12.3 Å². The zero-order valence-corrected chi connectivity index (χ0v) is 17.7. The molecule has 1 fully saturated rings. The van der Waals surface area contributed by atoms with Crippen LogP contribution in [0.1, 0.15) is 37.0 Å². The predicted molar refractivity (Wildman–Crippen MR) is 114 cm³/mol. The first-order valence-electron chi connectivity index (χ1n) is 10.0. The van der Waals surface area contributed by atoms with E-state index in [0.29, 0.717) is 43.5 Å². The number of aliphatic hydroxyl groups excluding tert-OH is 1. The summed E-state index contributed by atoms with van der Waals surface area (Å²) < 4.78 is 31.0. The van der Waals surface area contributed by atoms with Crippen LogP contribution in [0.2, 0.25) is 0 Å². The van der Waals surface area contributed by atoms with Crippen molar-refractivity contribution in [2.75, 3.05) is 26.0 Å². The summed E-state index contributed by atoms with van der Waals surface area (Å²) in [5, 5.41) is 8.88. The number of aromatic nitrogens is 2. The van der Waals surface area contributed by atoms with Crippen molar-refractivity contribution in [2.45, 2.75) is 38.6 Å². The van der Waals surface area contributed by atoms with Crippen LogP contribution in [0.25, 0.3) is 11.5 Å². The molecule has 0 radical (unpaired) electrons. The third-order valence-electron chi connectivity index (χ3n) is 5.29. The molecule has 30 heavy (non-hydrogen) atoms. The first-order valence-corrected chi connectivity index (χ1v) is 11.9. The Hall–Kier alpha value is -2.43. The van der Waals surface area contributed by atoms with Crippen molar-refractivity contribution in [1.82, 2.24) is 14.3 Å². The van der Waals surface area contributed by atoms with Gasteiger partial charge in [-0.2, -0.15) is 4.31 Å². The maximum atomic E-state index is 11.8. The van der Waals surface area contributed by atoms with Crippen LogP contribution in [0.15, 0.2) is 32.7 Å². The van der Waals surface area contributed by atoms with E-state index in [2.05, 4.69) is 20.0 Å². The molecule has 1 saturated carbocycles. The van der Waals surface area contributed by atoms with Crippen LogP contribution < -0.4 is 0 Å². The van der Waals surface area contributed by atoms with E-state index in [-0.39, 0.29) is 6.61 Å². The van der Waals surface area contributed by atoms with Crippen LogP contribution in [-0.2, 0) is 23.0 Å². The number of nitrogens with zero attached hydrogens (tertiary/aromatic N) is 5. The zero-order valence-electron chi connectivity index (χ0n) is 16.9. The summed E-state index contributed by atoms with van der Waals surface area (Å²) in [7, 11) is -3.23. The Morgan fingerprint density at radius 2 is 1.97 bits per heavy atom. The third-order valence-corrected chi connectivity index (χ3v) is 6.54. The molecular formula is C20H25N5O4S. The van der Waals surface area contributed by atoms with E-state index >= 15 is 0 Å². The number of furan rings is 1. The minimum Gasteiger partial charge on any atom is -0.459 e. The van der Waals surface area contributed by atoms with E-state index in [0.717, 1.165) is 48.4 Å². The number of rotatable bonds is 5. The Morgan fingerprint density at radius 1 is 1.20 bits per heavy atom. The van der Waals surface area contributed by atoms with E-state index in [1.165, 1.54) is 10.6 Å². The van der Waals surface area contributed by atoms with Gasteiger partial charge in [-0.15, -0.1) is 0 Å². The summed E-state index contributed by atoms with van der Waals surface area (Å²) in [5.41, 5.74) is 3.67. The molecule has 2 aliphatic rings. The molecule has 160 valence electrons. The Kier molecular flexibility index (Phi) is 6.07. The molecule has 0 amide bonds. The van der Waals surface area contributed by atoms with Gasteiger partial charge >= 0.3 is 0 Å². The van der Waals surface area contributed by atoms with Gasteiger partial charge in [-0.05, 0) is 37.8 Å². The van der Waals surface area contributed by atoms with Gasteiger partial charge in [0.05, 0.1) is 19.4 Å². The van der Waals surface area contributed by atoms with Crippen molar-refractivity contribution < 1.29 is 17.9 Å². The lowest BCUT2D eigenvalue weighted by Crippen LogP contribution is -2.34. The maximum Gasteiger partial charge on any atom is 0.249 e. The molecule has 3 heterocycles. The Bertz CT molecular complexity index is 1080. The molecule has 0 atom stereocenters. The number of fused-ring (bicyclic) bond motifs is 1. The highest BCUT2D eigenvalue weighted by molar-refractivity contribution is 7.88. The van der Waals surface area contributed by atoms with E-state index in [1.807, 2.05) is 6.07 Å². The number of aliphatic hydroxyl groups is 1. The minimum absolute atomic E-state index is 0.0770. The van der Waals surface area contributed by atoms with Crippen LogP contribution in [0, 0.1) is 0 Å². The highest BCUT2D eigenvalue weighted by atomic mass is 32.2. The fourth-order valence-corrected chi connectivity index (χ4v) is 4.50. The molecule has 1 N–H and O–H groups in total. The number of hydrogen-bond donors (Lipinski definition) is 1. The van der Waals surface area contributed by atoms with Crippen molar-refractivity contribution in [3.63, 3.8) is 0 Å². The van der Waals surface area contributed by atoms with Gasteiger partial charge in [-0.1, -0.05) is 0 Å². The molecule has 2 aromatic rings. The SMILES string of the molecule is CS(=O)(=O)N1CCc2oc(-c3ccnc(N=C4CCC(=NCCO)CC4)n3)cc2C1. The molecular weight excluding hydrogens is 406 g/mol. The monoisotopic (exact) mass is 431 g/mol. The zero-order chi connectivity index (χ0) is 21.1. The highest BCUT2D eigenvalue weighted by Gasteiger charge is 2.26. The number of hydrogen-bond acceptors (Lipinski definition) is 8. The van der Waals surface area contributed by atoms with Gasteiger partial charge in [0.25, 0.3) is 0 Å². The van der Waals surface area contributed by atoms with Gasteiger partial charge < -0.3 is 9.52 Å². The second-order valence-electron chi connectivity index (χ2n) is 7.50. The minimum atomic E-state index is -3.23. The summed E-state index contributed by atoms with van der Waals surface area (Å²) in [4.78, 5) is 17.8. The van der Waals surface area contributed by atoms with Crippen molar-refractivity contribution in [1.29, 1.82) is 0 Å². The molecule has 1 aliphatic heterocycles. The van der Waals surface area contributed by atoms with Gasteiger partial charge in [0.15, 0.2) is 5.76 Å². The Morgan fingerprint density at radius 3 is 2.70 bits per heavy atom.